The van der Waals surface area contributed by atoms with Crippen LogP contribution >= 0.6 is 0 Å². The first-order valence-electron chi connectivity index (χ1n) is 5.94. The van der Waals surface area contributed by atoms with Gasteiger partial charge in [0.2, 0.25) is 0 Å². The number of ether oxygens (including phenoxy) is 1. The maximum atomic E-state index is 11.6. The Morgan fingerprint density at radius 2 is 2.53 bits per heavy atom. The van der Waals surface area contributed by atoms with Crippen molar-refractivity contribution in [2.24, 2.45) is 0 Å². The zero-order valence-corrected chi connectivity index (χ0v) is 9.94. The fraction of sp³-hybridized carbons (Fsp3) is 0.583. The third-order valence-electron chi connectivity index (χ3n) is 2.88. The van der Waals surface area contributed by atoms with Gasteiger partial charge >= 0.3 is 6.03 Å². The highest BCUT2D eigenvalue weighted by Gasteiger charge is 2.23. The first-order valence-corrected chi connectivity index (χ1v) is 5.94. The van der Waals surface area contributed by atoms with Gasteiger partial charge in [0.25, 0.3) is 0 Å². The Kier molecular flexibility index (Phi) is 4.03. The van der Waals surface area contributed by atoms with Crippen molar-refractivity contribution in [1.29, 1.82) is 0 Å². The van der Waals surface area contributed by atoms with E-state index in [0.29, 0.717) is 6.54 Å². The Labute approximate surface area is 101 Å². The van der Waals surface area contributed by atoms with Crippen molar-refractivity contribution in [3.8, 4) is 0 Å². The minimum absolute atomic E-state index is 0.0362. The molecule has 0 spiro atoms. The van der Waals surface area contributed by atoms with Crippen molar-refractivity contribution < 1.29 is 13.9 Å². The molecule has 0 radical (unpaired) electrons. The topological polar surface area (TPSA) is 63.5 Å². The third-order valence-corrected chi connectivity index (χ3v) is 2.88. The summed E-state index contributed by atoms with van der Waals surface area (Å²) >= 11 is 0. The first-order chi connectivity index (χ1) is 8.25. The number of amides is 2. The molecular formula is C12H18N2O3. The molecule has 1 aliphatic rings. The predicted octanol–water partition coefficient (Wildman–Crippen LogP) is 1.65. The second kappa shape index (κ2) is 5.72. The summed E-state index contributed by atoms with van der Waals surface area (Å²) in [5, 5.41) is 5.61. The molecule has 1 fully saturated rings. The van der Waals surface area contributed by atoms with Crippen LogP contribution in [0.5, 0.6) is 0 Å². The predicted molar refractivity (Wildman–Crippen MR) is 62.5 cm³/mol. The van der Waals surface area contributed by atoms with E-state index in [-0.39, 0.29) is 18.2 Å². The van der Waals surface area contributed by atoms with Crippen LogP contribution in [0.15, 0.2) is 22.8 Å². The molecule has 2 N–H and O–H groups in total. The molecule has 1 aliphatic heterocycles. The van der Waals surface area contributed by atoms with Gasteiger partial charge in [-0.25, -0.2) is 4.79 Å². The Morgan fingerprint density at radius 3 is 3.18 bits per heavy atom. The minimum Gasteiger partial charge on any atom is -0.467 e. The van der Waals surface area contributed by atoms with Crippen LogP contribution in [0.4, 0.5) is 4.79 Å². The summed E-state index contributed by atoms with van der Waals surface area (Å²) < 4.78 is 10.6. The van der Waals surface area contributed by atoms with Gasteiger partial charge in [-0.3, -0.25) is 0 Å². The molecule has 2 rings (SSSR count). The largest absolute Gasteiger partial charge is 0.467 e. The fourth-order valence-electron chi connectivity index (χ4n) is 1.93. The molecule has 0 aliphatic carbocycles. The van der Waals surface area contributed by atoms with Gasteiger partial charge in [-0.05, 0) is 31.9 Å². The highest BCUT2D eigenvalue weighted by Crippen LogP contribution is 2.15. The molecule has 2 heterocycles. The number of furan rings is 1. The highest BCUT2D eigenvalue weighted by molar-refractivity contribution is 5.74. The van der Waals surface area contributed by atoms with Gasteiger partial charge < -0.3 is 19.8 Å². The van der Waals surface area contributed by atoms with Crippen LogP contribution in [0, 0.1) is 0 Å². The number of hydrogen-bond acceptors (Lipinski definition) is 3. The van der Waals surface area contributed by atoms with E-state index in [2.05, 4.69) is 10.6 Å². The zero-order valence-electron chi connectivity index (χ0n) is 9.94. The molecule has 94 valence electrons. The summed E-state index contributed by atoms with van der Waals surface area (Å²) in [7, 11) is 0. The van der Waals surface area contributed by atoms with E-state index >= 15 is 0 Å². The lowest BCUT2D eigenvalue weighted by Crippen LogP contribution is -2.45. The fourth-order valence-corrected chi connectivity index (χ4v) is 1.93. The maximum absolute atomic E-state index is 11.6. The van der Waals surface area contributed by atoms with E-state index in [1.54, 1.807) is 12.3 Å². The monoisotopic (exact) mass is 238 g/mol. The lowest BCUT2D eigenvalue weighted by molar-refractivity contribution is 0.0860. The van der Waals surface area contributed by atoms with E-state index in [9.17, 15) is 4.79 Å². The molecule has 0 aromatic carbocycles. The van der Waals surface area contributed by atoms with E-state index in [0.717, 1.165) is 25.2 Å². The van der Waals surface area contributed by atoms with E-state index < -0.39 is 0 Å². The maximum Gasteiger partial charge on any atom is 0.315 e. The normalized spacial score (nSPS) is 21.1. The van der Waals surface area contributed by atoms with Crippen molar-refractivity contribution in [3.63, 3.8) is 0 Å². The third kappa shape index (κ3) is 3.49. The van der Waals surface area contributed by atoms with Crippen molar-refractivity contribution in [1.82, 2.24) is 10.6 Å². The van der Waals surface area contributed by atoms with Crippen LogP contribution in [0.1, 0.15) is 25.5 Å². The van der Waals surface area contributed by atoms with Gasteiger partial charge in [0, 0.05) is 6.61 Å². The van der Waals surface area contributed by atoms with Crippen molar-refractivity contribution in [2.45, 2.75) is 38.5 Å². The second-order valence-corrected chi connectivity index (χ2v) is 4.25. The van der Waals surface area contributed by atoms with E-state index in [4.69, 9.17) is 9.15 Å². The minimum atomic E-state index is -0.190. The van der Waals surface area contributed by atoms with E-state index in [1.165, 1.54) is 0 Å². The van der Waals surface area contributed by atoms with Crippen LogP contribution < -0.4 is 10.6 Å². The molecule has 5 nitrogen and oxygen atoms in total. The molecule has 2 amide bonds. The quantitative estimate of drug-likeness (QED) is 0.838. The number of rotatable bonds is 4. The molecule has 1 saturated heterocycles. The Bertz CT molecular complexity index is 345. The van der Waals surface area contributed by atoms with Crippen LogP contribution in [-0.4, -0.2) is 24.8 Å². The standard InChI is InChI=1S/C12H18N2O3/c1-9(11-5-3-7-17-11)14-12(15)13-8-10-4-2-6-16-10/h2,4,6,9,11H,3,5,7-8H2,1H3,(H2,13,14,15)/t9-,11-/m0/s1. The first kappa shape index (κ1) is 12.0. The molecule has 0 unspecified atom stereocenters. The SMILES string of the molecule is C[C@H](NC(=O)NCc1ccco1)[C@@H]1CCCO1. The average molecular weight is 238 g/mol. The highest BCUT2D eigenvalue weighted by atomic mass is 16.5. The summed E-state index contributed by atoms with van der Waals surface area (Å²) in [6.07, 6.45) is 3.82. The summed E-state index contributed by atoms with van der Waals surface area (Å²) in [6, 6.07) is 3.46. The average Bonchev–Trinajstić information content (AvgIpc) is 2.99. The van der Waals surface area contributed by atoms with Crippen LogP contribution in [-0.2, 0) is 11.3 Å². The zero-order chi connectivity index (χ0) is 12.1. The van der Waals surface area contributed by atoms with Crippen LogP contribution in [0.25, 0.3) is 0 Å². The molecule has 2 atom stereocenters. The second-order valence-electron chi connectivity index (χ2n) is 4.25. The van der Waals surface area contributed by atoms with Crippen LogP contribution in [0.2, 0.25) is 0 Å². The smallest absolute Gasteiger partial charge is 0.315 e. The molecule has 0 saturated carbocycles. The van der Waals surface area contributed by atoms with Gasteiger partial charge in [-0.15, -0.1) is 0 Å². The summed E-state index contributed by atoms with van der Waals surface area (Å²) in [4.78, 5) is 11.6. The van der Waals surface area contributed by atoms with Crippen molar-refractivity contribution in [2.75, 3.05) is 6.61 Å². The number of carbonyl (C=O) groups excluding carboxylic acids is 1. The molecule has 1 aromatic rings. The lowest BCUT2D eigenvalue weighted by atomic mass is 10.1. The molecule has 0 bridgehead atoms. The van der Waals surface area contributed by atoms with Gasteiger partial charge in [0.1, 0.15) is 5.76 Å². The Balaban J connectivity index is 1.69. The molecule has 17 heavy (non-hydrogen) atoms. The molecule has 5 heteroatoms. The summed E-state index contributed by atoms with van der Waals surface area (Å²) in [5.74, 6) is 0.741. The van der Waals surface area contributed by atoms with Gasteiger partial charge in [0.05, 0.1) is 25.0 Å². The molecular weight excluding hydrogens is 220 g/mol. The Hall–Kier alpha value is -1.49. The van der Waals surface area contributed by atoms with Gasteiger partial charge in [-0.1, -0.05) is 0 Å². The van der Waals surface area contributed by atoms with Gasteiger partial charge in [-0.2, -0.15) is 0 Å². The van der Waals surface area contributed by atoms with E-state index in [1.807, 2.05) is 13.0 Å². The Morgan fingerprint density at radius 1 is 1.65 bits per heavy atom. The van der Waals surface area contributed by atoms with Gasteiger partial charge in [0.15, 0.2) is 0 Å². The number of nitrogens with one attached hydrogen (secondary N) is 2. The number of carbonyl (C=O) groups is 1. The number of urea groups is 1. The number of hydrogen-bond donors (Lipinski definition) is 2. The summed E-state index contributed by atoms with van der Waals surface area (Å²) in [6.45, 7) is 3.16. The molecule has 1 aromatic heterocycles. The lowest BCUT2D eigenvalue weighted by Gasteiger charge is -2.19. The van der Waals surface area contributed by atoms with Crippen molar-refractivity contribution in [3.05, 3.63) is 24.2 Å². The van der Waals surface area contributed by atoms with Crippen molar-refractivity contribution >= 4 is 6.03 Å². The summed E-state index contributed by atoms with van der Waals surface area (Å²) in [5.41, 5.74) is 0. The van der Waals surface area contributed by atoms with Crippen LogP contribution in [0.3, 0.4) is 0 Å².